The average molecular weight is 464 g/mol. The predicted octanol–water partition coefficient (Wildman–Crippen LogP) is 5.01. The molecule has 0 unspecified atom stereocenters. The fourth-order valence-corrected chi connectivity index (χ4v) is 4.58. The van der Waals surface area contributed by atoms with Gasteiger partial charge in [-0.1, -0.05) is 12.1 Å². The number of para-hydroxylation sites is 1. The molecule has 0 radical (unpaired) electrons. The summed E-state index contributed by atoms with van der Waals surface area (Å²) in [6.07, 6.45) is 4.42. The number of benzene rings is 2. The molecule has 3 aromatic rings. The van der Waals surface area contributed by atoms with E-state index < -0.39 is 0 Å². The minimum atomic E-state index is 0.389. The maximum atomic E-state index is 5.71. The third-order valence-electron chi connectivity index (χ3n) is 6.22. The highest BCUT2D eigenvalue weighted by Crippen LogP contribution is 2.27. The Hall–Kier alpha value is -3.06. The number of fused-ring (bicyclic) bond motifs is 1. The topological polar surface area (TPSA) is 71.5 Å². The predicted molar refractivity (Wildman–Crippen MR) is 139 cm³/mol. The minimum Gasteiger partial charge on any atom is -0.494 e. The molecule has 0 atom stereocenters. The summed E-state index contributed by atoms with van der Waals surface area (Å²) in [6.45, 7) is 6.11. The summed E-state index contributed by atoms with van der Waals surface area (Å²) in [5, 5.41) is 8.40. The van der Waals surface area contributed by atoms with Crippen LogP contribution in [0, 0.1) is 0 Å². The van der Waals surface area contributed by atoms with Crippen LogP contribution in [-0.2, 0) is 6.54 Å². The molecule has 0 spiro atoms. The number of rotatable bonds is 10. The number of anilines is 2. The van der Waals surface area contributed by atoms with Crippen molar-refractivity contribution in [3.63, 3.8) is 0 Å². The lowest BCUT2D eigenvalue weighted by Crippen LogP contribution is -2.37. The van der Waals surface area contributed by atoms with Gasteiger partial charge in [-0.25, -0.2) is 4.98 Å². The molecule has 2 N–H and O–H groups in total. The van der Waals surface area contributed by atoms with E-state index in [1.165, 1.54) is 5.56 Å². The quantitative estimate of drug-likeness (QED) is 0.438. The molecule has 0 amide bonds. The summed E-state index contributed by atoms with van der Waals surface area (Å²) in [4.78, 5) is 11.6. The third-order valence-corrected chi connectivity index (χ3v) is 6.22. The van der Waals surface area contributed by atoms with Crippen LogP contribution in [-0.4, -0.2) is 49.4 Å². The Kier molecular flexibility index (Phi) is 8.06. The molecule has 0 bridgehead atoms. The van der Waals surface area contributed by atoms with E-state index in [1.807, 2.05) is 57.1 Å². The van der Waals surface area contributed by atoms with Gasteiger partial charge in [0.25, 0.3) is 0 Å². The molecule has 34 heavy (non-hydrogen) atoms. The highest BCUT2D eigenvalue weighted by Gasteiger charge is 2.22. The molecule has 4 rings (SSSR count). The van der Waals surface area contributed by atoms with Gasteiger partial charge in [-0.15, -0.1) is 0 Å². The van der Waals surface area contributed by atoms with Gasteiger partial charge in [-0.2, -0.15) is 4.98 Å². The fourth-order valence-electron chi connectivity index (χ4n) is 4.58. The van der Waals surface area contributed by atoms with Crippen molar-refractivity contribution in [1.82, 2.24) is 15.3 Å². The van der Waals surface area contributed by atoms with Gasteiger partial charge in [0.15, 0.2) is 0 Å². The van der Waals surface area contributed by atoms with Crippen molar-refractivity contribution in [3.8, 4) is 11.5 Å². The first-order chi connectivity index (χ1) is 16.6. The van der Waals surface area contributed by atoms with Gasteiger partial charge >= 0.3 is 0 Å². The SMILES string of the molecule is CCOc1cc(CN[C@H]2CC[C@@H](Nc3nc(N(C)C)c4ccccc4n3)CC2)cc(OCC)c1. The lowest BCUT2D eigenvalue weighted by molar-refractivity contribution is 0.321. The molecule has 1 fully saturated rings. The van der Waals surface area contributed by atoms with Crippen LogP contribution in [0.25, 0.3) is 10.9 Å². The van der Waals surface area contributed by atoms with E-state index in [-0.39, 0.29) is 0 Å². The second-order valence-electron chi connectivity index (χ2n) is 9.03. The van der Waals surface area contributed by atoms with E-state index in [2.05, 4.69) is 28.8 Å². The zero-order valence-electron chi connectivity index (χ0n) is 20.8. The molecule has 1 saturated carbocycles. The number of aromatic nitrogens is 2. The number of hydrogen-bond acceptors (Lipinski definition) is 7. The molecule has 0 aliphatic heterocycles. The molecule has 1 aliphatic carbocycles. The van der Waals surface area contributed by atoms with Crippen LogP contribution in [0.5, 0.6) is 11.5 Å². The van der Waals surface area contributed by atoms with Crippen LogP contribution in [0.2, 0.25) is 0 Å². The lowest BCUT2D eigenvalue weighted by atomic mass is 9.91. The second kappa shape index (κ2) is 11.4. The van der Waals surface area contributed by atoms with E-state index in [0.717, 1.165) is 66.4 Å². The fraction of sp³-hybridized carbons (Fsp3) is 0.481. The standard InChI is InChI=1S/C27H37N5O2/c1-5-33-22-15-19(16-23(17-22)34-6-2)18-28-20-11-13-21(14-12-20)29-27-30-25-10-8-7-9-24(25)26(31-27)32(3)4/h7-10,15-17,20-21,28H,5-6,11-14,18H2,1-4H3,(H,29,30,31)/t20-,21+. The number of hydrogen-bond donors (Lipinski definition) is 2. The summed E-state index contributed by atoms with van der Waals surface area (Å²) >= 11 is 0. The van der Waals surface area contributed by atoms with Crippen LogP contribution >= 0.6 is 0 Å². The molecule has 7 nitrogen and oxygen atoms in total. The van der Waals surface area contributed by atoms with Gasteiger partial charge in [0, 0.05) is 44.2 Å². The summed E-state index contributed by atoms with van der Waals surface area (Å²) in [5.41, 5.74) is 2.16. The highest BCUT2D eigenvalue weighted by atomic mass is 16.5. The van der Waals surface area contributed by atoms with E-state index >= 15 is 0 Å². The first kappa shape index (κ1) is 24.1. The first-order valence-corrected chi connectivity index (χ1v) is 12.4. The third kappa shape index (κ3) is 6.08. The van der Waals surface area contributed by atoms with Crippen LogP contribution < -0.4 is 25.0 Å². The Morgan fingerprint density at radius 2 is 1.53 bits per heavy atom. The van der Waals surface area contributed by atoms with E-state index in [0.29, 0.717) is 25.3 Å². The van der Waals surface area contributed by atoms with Crippen molar-refractivity contribution in [3.05, 3.63) is 48.0 Å². The Balaban J connectivity index is 1.33. The number of nitrogens with one attached hydrogen (secondary N) is 2. The smallest absolute Gasteiger partial charge is 0.225 e. The molecular weight excluding hydrogens is 426 g/mol. The van der Waals surface area contributed by atoms with Crippen molar-refractivity contribution in [1.29, 1.82) is 0 Å². The monoisotopic (exact) mass is 463 g/mol. The number of ether oxygens (including phenoxy) is 2. The van der Waals surface area contributed by atoms with Crippen molar-refractivity contribution in [2.24, 2.45) is 0 Å². The highest BCUT2D eigenvalue weighted by molar-refractivity contribution is 5.90. The van der Waals surface area contributed by atoms with E-state index in [9.17, 15) is 0 Å². The van der Waals surface area contributed by atoms with E-state index in [4.69, 9.17) is 19.4 Å². The summed E-state index contributed by atoms with van der Waals surface area (Å²) in [5.74, 6) is 3.40. The Morgan fingerprint density at radius 1 is 0.882 bits per heavy atom. The van der Waals surface area contributed by atoms with E-state index in [1.54, 1.807) is 0 Å². The zero-order valence-corrected chi connectivity index (χ0v) is 20.8. The summed E-state index contributed by atoms with van der Waals surface area (Å²) in [6, 6.07) is 15.2. The minimum absolute atomic E-state index is 0.389. The van der Waals surface area contributed by atoms with Crippen molar-refractivity contribution in [2.45, 2.75) is 58.2 Å². The van der Waals surface area contributed by atoms with Crippen molar-refractivity contribution in [2.75, 3.05) is 37.5 Å². The Morgan fingerprint density at radius 3 is 2.18 bits per heavy atom. The average Bonchev–Trinajstić information content (AvgIpc) is 2.83. The molecule has 2 aromatic carbocycles. The summed E-state index contributed by atoms with van der Waals surface area (Å²) in [7, 11) is 4.05. The van der Waals surface area contributed by atoms with Gasteiger partial charge in [-0.3, -0.25) is 0 Å². The molecule has 0 saturated heterocycles. The van der Waals surface area contributed by atoms with Crippen LogP contribution in [0.4, 0.5) is 11.8 Å². The number of nitrogens with zero attached hydrogens (tertiary/aromatic N) is 3. The maximum Gasteiger partial charge on any atom is 0.225 e. The summed E-state index contributed by atoms with van der Waals surface area (Å²) < 4.78 is 11.4. The molecular formula is C27H37N5O2. The van der Waals surface area contributed by atoms with Gasteiger partial charge in [0.2, 0.25) is 5.95 Å². The zero-order chi connectivity index (χ0) is 23.9. The largest absolute Gasteiger partial charge is 0.494 e. The first-order valence-electron chi connectivity index (χ1n) is 12.4. The van der Waals surface area contributed by atoms with Crippen LogP contribution in [0.15, 0.2) is 42.5 Å². The van der Waals surface area contributed by atoms with Crippen LogP contribution in [0.3, 0.4) is 0 Å². The van der Waals surface area contributed by atoms with Crippen LogP contribution in [0.1, 0.15) is 45.1 Å². The normalized spacial score (nSPS) is 18.0. The van der Waals surface area contributed by atoms with Gasteiger partial charge in [-0.05, 0) is 69.4 Å². The Bertz CT molecular complexity index is 1060. The van der Waals surface area contributed by atoms with Gasteiger partial charge in [0.05, 0.1) is 18.7 Å². The molecule has 182 valence electrons. The van der Waals surface area contributed by atoms with Crippen molar-refractivity contribution < 1.29 is 9.47 Å². The van der Waals surface area contributed by atoms with Gasteiger partial charge in [0.1, 0.15) is 17.3 Å². The molecule has 7 heteroatoms. The second-order valence-corrected chi connectivity index (χ2v) is 9.03. The van der Waals surface area contributed by atoms with Crippen molar-refractivity contribution >= 4 is 22.7 Å². The molecule has 1 heterocycles. The molecule has 1 aliphatic rings. The van der Waals surface area contributed by atoms with Gasteiger partial charge < -0.3 is 25.0 Å². The maximum absolute atomic E-state index is 5.71. The Labute approximate surface area is 202 Å². The lowest BCUT2D eigenvalue weighted by Gasteiger charge is -2.30. The molecule has 1 aromatic heterocycles.